The summed E-state index contributed by atoms with van der Waals surface area (Å²) in [6.07, 6.45) is 8.53. The van der Waals surface area contributed by atoms with E-state index in [1.807, 2.05) is 6.07 Å². The molecule has 3 rings (SSSR count). The van der Waals surface area contributed by atoms with E-state index in [4.69, 9.17) is 0 Å². The maximum atomic E-state index is 10.8. The second-order valence-corrected chi connectivity index (χ2v) is 4.77. The third-order valence-corrected chi connectivity index (χ3v) is 3.85. The van der Waals surface area contributed by atoms with E-state index < -0.39 is 0 Å². The van der Waals surface area contributed by atoms with Crippen LogP contribution in [0.25, 0.3) is 0 Å². The summed E-state index contributed by atoms with van der Waals surface area (Å²) in [6.45, 7) is 0. The lowest BCUT2D eigenvalue weighted by molar-refractivity contribution is 0.111. The van der Waals surface area contributed by atoms with Crippen molar-refractivity contribution in [2.45, 2.75) is 50.5 Å². The quantitative estimate of drug-likeness (QED) is 0.709. The van der Waals surface area contributed by atoms with Crippen LogP contribution in [-0.2, 0) is 0 Å². The lowest BCUT2D eigenvalue weighted by Crippen LogP contribution is -2.23. The van der Waals surface area contributed by atoms with Crippen LogP contribution >= 0.6 is 0 Å². The average Bonchev–Trinajstić information content (AvgIpc) is 2.43. The largest absolute Gasteiger partial charge is 0.296 e. The molecule has 0 amide bonds. The van der Waals surface area contributed by atoms with Crippen LogP contribution in [0.15, 0.2) is 6.07 Å². The molecule has 0 N–H and O–H groups in total. The Morgan fingerprint density at radius 2 is 2.00 bits per heavy atom. The molecule has 2 fully saturated rings. The van der Waals surface area contributed by atoms with E-state index in [-0.39, 0.29) is 0 Å². The number of aromatic nitrogens is 2. The van der Waals surface area contributed by atoms with E-state index in [2.05, 4.69) is 9.78 Å². The molecule has 2 saturated carbocycles. The van der Waals surface area contributed by atoms with E-state index in [0.29, 0.717) is 17.7 Å². The third-order valence-electron chi connectivity index (χ3n) is 3.85. The highest BCUT2D eigenvalue weighted by Gasteiger charge is 2.29. The molecule has 80 valence electrons. The van der Waals surface area contributed by atoms with Crippen LogP contribution in [0.2, 0.25) is 0 Å². The molecule has 0 aromatic carbocycles. The van der Waals surface area contributed by atoms with Crippen LogP contribution in [0.4, 0.5) is 0 Å². The number of nitrogens with zero attached hydrogens (tertiary/aromatic N) is 2. The monoisotopic (exact) mass is 204 g/mol. The van der Waals surface area contributed by atoms with Gasteiger partial charge in [0.25, 0.3) is 0 Å². The van der Waals surface area contributed by atoms with Gasteiger partial charge in [-0.25, -0.2) is 0 Å². The van der Waals surface area contributed by atoms with Gasteiger partial charge < -0.3 is 0 Å². The molecule has 3 heteroatoms. The zero-order valence-corrected chi connectivity index (χ0v) is 8.85. The molecule has 0 unspecified atom stereocenters. The summed E-state index contributed by atoms with van der Waals surface area (Å²) in [5.41, 5.74) is 1.93. The van der Waals surface area contributed by atoms with Crippen molar-refractivity contribution in [3.05, 3.63) is 17.5 Å². The number of carbonyl (C=O) groups excluding carboxylic acids is 1. The van der Waals surface area contributed by atoms with E-state index in [9.17, 15) is 4.79 Å². The predicted octanol–water partition coefficient (Wildman–Crippen LogP) is 2.69. The minimum atomic E-state index is 0.578. The molecule has 0 spiro atoms. The van der Waals surface area contributed by atoms with Gasteiger partial charge in [-0.15, -0.1) is 0 Å². The van der Waals surface area contributed by atoms with Crippen LogP contribution in [0.5, 0.6) is 0 Å². The first-order chi connectivity index (χ1) is 7.38. The van der Waals surface area contributed by atoms with Gasteiger partial charge in [-0.3, -0.25) is 9.48 Å². The number of aldehydes is 1. The van der Waals surface area contributed by atoms with Crippen molar-refractivity contribution in [2.24, 2.45) is 0 Å². The van der Waals surface area contributed by atoms with Gasteiger partial charge in [0.1, 0.15) is 5.69 Å². The highest BCUT2D eigenvalue weighted by Crippen LogP contribution is 2.40. The van der Waals surface area contributed by atoms with Gasteiger partial charge in [-0.05, 0) is 38.2 Å². The van der Waals surface area contributed by atoms with E-state index in [1.54, 1.807) is 0 Å². The second kappa shape index (κ2) is 3.47. The first kappa shape index (κ1) is 9.13. The molecular weight excluding hydrogens is 188 g/mol. The normalized spacial score (nSPS) is 22.1. The van der Waals surface area contributed by atoms with Gasteiger partial charge in [0.05, 0.1) is 6.04 Å². The summed E-state index contributed by atoms with van der Waals surface area (Å²) >= 11 is 0. The Hall–Kier alpha value is -1.12. The van der Waals surface area contributed by atoms with Crippen molar-refractivity contribution in [1.82, 2.24) is 9.78 Å². The first-order valence-electron chi connectivity index (χ1n) is 5.93. The maximum absolute atomic E-state index is 10.8. The Labute approximate surface area is 89.5 Å². The minimum Gasteiger partial charge on any atom is -0.296 e. The Balaban J connectivity index is 1.93. The van der Waals surface area contributed by atoms with Crippen LogP contribution in [0.1, 0.15) is 66.7 Å². The number of hydrogen-bond donors (Lipinski definition) is 0. The summed E-state index contributed by atoms with van der Waals surface area (Å²) in [7, 11) is 0. The number of rotatable bonds is 3. The van der Waals surface area contributed by atoms with Crippen molar-refractivity contribution in [1.29, 1.82) is 0 Å². The van der Waals surface area contributed by atoms with Crippen LogP contribution in [0, 0.1) is 0 Å². The molecular formula is C12H16N2O. The van der Waals surface area contributed by atoms with E-state index >= 15 is 0 Å². The third kappa shape index (κ3) is 1.41. The standard InChI is InChI=1S/C12H16N2O/c15-8-10-7-12(9-3-1-4-9)14(13-10)11-5-2-6-11/h7-9,11H,1-6H2. The molecule has 2 aliphatic carbocycles. The van der Waals surface area contributed by atoms with Gasteiger partial charge in [-0.2, -0.15) is 5.10 Å². The topological polar surface area (TPSA) is 34.9 Å². The summed E-state index contributed by atoms with van der Waals surface area (Å²) in [5, 5.41) is 4.40. The van der Waals surface area contributed by atoms with Crippen LogP contribution in [0.3, 0.4) is 0 Å². The highest BCUT2D eigenvalue weighted by molar-refractivity contribution is 5.71. The molecule has 1 heterocycles. The number of carbonyl (C=O) groups is 1. The Morgan fingerprint density at radius 1 is 1.27 bits per heavy atom. The van der Waals surface area contributed by atoms with Crippen molar-refractivity contribution in [3.63, 3.8) is 0 Å². The molecule has 1 aromatic rings. The highest BCUT2D eigenvalue weighted by atomic mass is 16.1. The molecule has 0 bridgehead atoms. The van der Waals surface area contributed by atoms with Gasteiger partial charge >= 0.3 is 0 Å². The lowest BCUT2D eigenvalue weighted by Gasteiger charge is -2.32. The fraction of sp³-hybridized carbons (Fsp3) is 0.667. The first-order valence-corrected chi connectivity index (χ1v) is 5.93. The van der Waals surface area contributed by atoms with Crippen molar-refractivity contribution in [3.8, 4) is 0 Å². The molecule has 1 aromatic heterocycles. The number of hydrogen-bond acceptors (Lipinski definition) is 2. The van der Waals surface area contributed by atoms with Gasteiger partial charge in [0, 0.05) is 11.6 Å². The molecule has 3 nitrogen and oxygen atoms in total. The SMILES string of the molecule is O=Cc1cc(C2CCC2)n(C2CCC2)n1. The summed E-state index contributed by atoms with van der Waals surface area (Å²) in [4.78, 5) is 10.8. The van der Waals surface area contributed by atoms with Crippen molar-refractivity contribution < 1.29 is 4.79 Å². The molecule has 2 aliphatic rings. The zero-order chi connectivity index (χ0) is 10.3. The van der Waals surface area contributed by atoms with Crippen molar-refractivity contribution in [2.75, 3.05) is 0 Å². The lowest BCUT2D eigenvalue weighted by atomic mass is 9.82. The predicted molar refractivity (Wildman–Crippen MR) is 57.1 cm³/mol. The smallest absolute Gasteiger partial charge is 0.170 e. The van der Waals surface area contributed by atoms with Crippen LogP contribution in [-0.4, -0.2) is 16.1 Å². The molecule has 15 heavy (non-hydrogen) atoms. The Kier molecular flexibility index (Phi) is 2.11. The Bertz CT molecular complexity index is 343. The summed E-state index contributed by atoms with van der Waals surface area (Å²) < 4.78 is 2.14. The van der Waals surface area contributed by atoms with Gasteiger partial charge in [-0.1, -0.05) is 6.42 Å². The van der Waals surface area contributed by atoms with Gasteiger partial charge in [0.15, 0.2) is 6.29 Å². The minimum absolute atomic E-state index is 0.578. The van der Waals surface area contributed by atoms with Crippen molar-refractivity contribution >= 4 is 6.29 Å². The molecule has 0 atom stereocenters. The summed E-state index contributed by atoms with van der Waals surface area (Å²) in [5.74, 6) is 0.673. The van der Waals surface area contributed by atoms with Gasteiger partial charge in [0.2, 0.25) is 0 Å². The Morgan fingerprint density at radius 3 is 2.47 bits per heavy atom. The molecule has 0 saturated heterocycles. The molecule has 0 aliphatic heterocycles. The fourth-order valence-electron chi connectivity index (χ4n) is 2.42. The maximum Gasteiger partial charge on any atom is 0.170 e. The zero-order valence-electron chi connectivity index (χ0n) is 8.85. The van der Waals surface area contributed by atoms with E-state index in [1.165, 1.54) is 44.2 Å². The second-order valence-electron chi connectivity index (χ2n) is 4.77. The fourth-order valence-corrected chi connectivity index (χ4v) is 2.42. The molecule has 0 radical (unpaired) electrons. The van der Waals surface area contributed by atoms with E-state index in [0.717, 1.165) is 6.29 Å². The van der Waals surface area contributed by atoms with Crippen LogP contribution < -0.4 is 0 Å². The average molecular weight is 204 g/mol. The summed E-state index contributed by atoms with van der Waals surface area (Å²) in [6, 6.07) is 2.57.